The van der Waals surface area contributed by atoms with E-state index in [1.807, 2.05) is 0 Å². The zero-order valence-electron chi connectivity index (χ0n) is 9.15. The molecule has 0 bridgehead atoms. The van der Waals surface area contributed by atoms with Gasteiger partial charge in [-0.3, -0.25) is 4.98 Å². The Bertz CT molecular complexity index is 602. The maximum atomic E-state index is 13.5. The summed E-state index contributed by atoms with van der Waals surface area (Å²) in [5, 5.41) is 2.72. The van der Waals surface area contributed by atoms with Crippen LogP contribution in [0.4, 0.5) is 20.2 Å². The number of hydrogen-bond acceptors (Lipinski definition) is 3. The fourth-order valence-electron chi connectivity index (χ4n) is 1.45. The van der Waals surface area contributed by atoms with Crippen LogP contribution in [0.1, 0.15) is 5.69 Å². The van der Waals surface area contributed by atoms with Gasteiger partial charge in [0.1, 0.15) is 10.7 Å². The molecule has 1 aromatic carbocycles. The van der Waals surface area contributed by atoms with Gasteiger partial charge < -0.3 is 11.1 Å². The zero-order valence-corrected chi connectivity index (χ0v) is 9.97. The molecule has 6 heteroatoms. The zero-order chi connectivity index (χ0) is 13.1. The molecule has 2 rings (SSSR count). The number of nitrogens with two attached hydrogens (primary N) is 1. The first-order chi connectivity index (χ1) is 8.59. The quantitative estimate of drug-likeness (QED) is 0.838. The number of thiocarbonyl (C=S) groups is 1. The van der Waals surface area contributed by atoms with Crippen LogP contribution in [0.2, 0.25) is 0 Å². The number of hydrogen-bond donors (Lipinski definition) is 2. The van der Waals surface area contributed by atoms with Crippen LogP contribution >= 0.6 is 12.2 Å². The van der Waals surface area contributed by atoms with Crippen molar-refractivity contribution in [3.8, 4) is 0 Å². The van der Waals surface area contributed by atoms with Gasteiger partial charge in [-0.2, -0.15) is 0 Å². The van der Waals surface area contributed by atoms with Gasteiger partial charge in [0, 0.05) is 6.20 Å². The number of pyridine rings is 1. The van der Waals surface area contributed by atoms with Gasteiger partial charge in [0.05, 0.1) is 11.4 Å². The van der Waals surface area contributed by atoms with Crippen molar-refractivity contribution in [1.29, 1.82) is 0 Å². The first-order valence-corrected chi connectivity index (χ1v) is 5.46. The van der Waals surface area contributed by atoms with E-state index in [2.05, 4.69) is 10.3 Å². The van der Waals surface area contributed by atoms with Crippen molar-refractivity contribution in [2.45, 2.75) is 0 Å². The summed E-state index contributed by atoms with van der Waals surface area (Å²) < 4.78 is 26.6. The Balaban J connectivity index is 2.40. The molecular formula is C12H9F2N3S. The molecule has 0 radical (unpaired) electrons. The van der Waals surface area contributed by atoms with Crippen LogP contribution in [0.15, 0.2) is 36.5 Å². The SMILES string of the molecule is NC(=S)c1ncccc1Nc1cccc(F)c1F. The topological polar surface area (TPSA) is 50.9 Å². The predicted octanol–water partition coefficient (Wildman–Crippen LogP) is 2.74. The highest BCUT2D eigenvalue weighted by atomic mass is 32.1. The Morgan fingerprint density at radius 2 is 1.89 bits per heavy atom. The van der Waals surface area contributed by atoms with Crippen LogP contribution in [-0.4, -0.2) is 9.97 Å². The standard InChI is InChI=1S/C12H9F2N3S/c13-7-3-1-4-8(10(7)14)17-9-5-2-6-16-11(9)12(15)18/h1-6,17H,(H2,15,18). The van der Waals surface area contributed by atoms with E-state index in [1.54, 1.807) is 12.1 Å². The Morgan fingerprint density at radius 3 is 2.61 bits per heavy atom. The molecule has 18 heavy (non-hydrogen) atoms. The molecule has 0 fully saturated rings. The fourth-order valence-corrected chi connectivity index (χ4v) is 1.61. The lowest BCUT2D eigenvalue weighted by atomic mass is 10.2. The first kappa shape index (κ1) is 12.4. The summed E-state index contributed by atoms with van der Waals surface area (Å²) in [7, 11) is 0. The highest BCUT2D eigenvalue weighted by Gasteiger charge is 2.11. The summed E-state index contributed by atoms with van der Waals surface area (Å²) in [5.74, 6) is -1.89. The monoisotopic (exact) mass is 265 g/mol. The fraction of sp³-hybridized carbons (Fsp3) is 0. The van der Waals surface area contributed by atoms with E-state index < -0.39 is 11.6 Å². The minimum absolute atomic E-state index is 0.000463. The summed E-state index contributed by atoms with van der Waals surface area (Å²) in [4.78, 5) is 4.06. The molecule has 0 atom stereocenters. The van der Waals surface area contributed by atoms with Gasteiger partial charge in [-0.15, -0.1) is 0 Å². The number of rotatable bonds is 3. The summed E-state index contributed by atoms with van der Waals surface area (Å²) in [6.45, 7) is 0. The largest absolute Gasteiger partial charge is 0.388 e. The van der Waals surface area contributed by atoms with Crippen molar-refractivity contribution in [3.05, 3.63) is 53.9 Å². The van der Waals surface area contributed by atoms with E-state index in [4.69, 9.17) is 18.0 Å². The lowest BCUT2D eigenvalue weighted by molar-refractivity contribution is 0.512. The molecule has 92 valence electrons. The van der Waals surface area contributed by atoms with E-state index >= 15 is 0 Å². The minimum atomic E-state index is -0.963. The minimum Gasteiger partial charge on any atom is -0.388 e. The van der Waals surface area contributed by atoms with E-state index in [0.29, 0.717) is 11.4 Å². The van der Waals surface area contributed by atoms with Gasteiger partial charge in [0.25, 0.3) is 0 Å². The molecule has 0 aliphatic rings. The van der Waals surface area contributed by atoms with E-state index in [1.165, 1.54) is 18.3 Å². The Kier molecular flexibility index (Phi) is 3.47. The number of nitrogens with zero attached hydrogens (tertiary/aromatic N) is 1. The van der Waals surface area contributed by atoms with Gasteiger partial charge in [0.2, 0.25) is 0 Å². The highest BCUT2D eigenvalue weighted by molar-refractivity contribution is 7.80. The Labute approximate surface area is 108 Å². The third-order valence-electron chi connectivity index (χ3n) is 2.26. The molecule has 0 aliphatic heterocycles. The Hall–Kier alpha value is -2.08. The third kappa shape index (κ3) is 2.43. The molecule has 0 amide bonds. The molecule has 0 aliphatic carbocycles. The van der Waals surface area contributed by atoms with E-state index in [0.717, 1.165) is 6.07 Å². The average Bonchev–Trinajstić information content (AvgIpc) is 2.35. The van der Waals surface area contributed by atoms with Crippen molar-refractivity contribution >= 4 is 28.6 Å². The summed E-state index contributed by atoms with van der Waals surface area (Å²) in [5.41, 5.74) is 6.25. The molecule has 2 aromatic rings. The van der Waals surface area contributed by atoms with Crippen molar-refractivity contribution in [2.24, 2.45) is 5.73 Å². The van der Waals surface area contributed by atoms with Gasteiger partial charge in [-0.1, -0.05) is 18.3 Å². The molecule has 1 heterocycles. The summed E-state index contributed by atoms with van der Waals surface area (Å²) in [6.07, 6.45) is 1.52. The molecule has 0 saturated heterocycles. The number of aromatic nitrogens is 1. The first-order valence-electron chi connectivity index (χ1n) is 5.05. The second-order valence-corrected chi connectivity index (χ2v) is 3.93. The lowest BCUT2D eigenvalue weighted by Gasteiger charge is -2.10. The molecule has 0 spiro atoms. The second-order valence-electron chi connectivity index (χ2n) is 3.49. The predicted molar refractivity (Wildman–Crippen MR) is 69.8 cm³/mol. The van der Waals surface area contributed by atoms with Gasteiger partial charge in [-0.25, -0.2) is 8.78 Å². The van der Waals surface area contributed by atoms with Gasteiger partial charge in [0.15, 0.2) is 11.6 Å². The van der Waals surface area contributed by atoms with Crippen LogP contribution in [-0.2, 0) is 0 Å². The number of nitrogens with one attached hydrogen (secondary N) is 1. The van der Waals surface area contributed by atoms with Gasteiger partial charge in [-0.05, 0) is 24.3 Å². The van der Waals surface area contributed by atoms with Crippen LogP contribution in [0.25, 0.3) is 0 Å². The number of halogens is 2. The summed E-state index contributed by atoms with van der Waals surface area (Å²) >= 11 is 4.83. The summed E-state index contributed by atoms with van der Waals surface area (Å²) in [6, 6.07) is 7.12. The molecule has 0 unspecified atom stereocenters. The number of benzene rings is 1. The van der Waals surface area contributed by atoms with Crippen molar-refractivity contribution < 1.29 is 8.78 Å². The lowest BCUT2D eigenvalue weighted by Crippen LogP contribution is -2.14. The van der Waals surface area contributed by atoms with E-state index in [-0.39, 0.29) is 10.7 Å². The van der Waals surface area contributed by atoms with E-state index in [9.17, 15) is 8.78 Å². The smallest absolute Gasteiger partial charge is 0.182 e. The van der Waals surface area contributed by atoms with Crippen molar-refractivity contribution in [1.82, 2.24) is 4.98 Å². The average molecular weight is 265 g/mol. The van der Waals surface area contributed by atoms with Crippen LogP contribution in [0.3, 0.4) is 0 Å². The van der Waals surface area contributed by atoms with Gasteiger partial charge >= 0.3 is 0 Å². The highest BCUT2D eigenvalue weighted by Crippen LogP contribution is 2.23. The third-order valence-corrected chi connectivity index (χ3v) is 2.46. The van der Waals surface area contributed by atoms with Crippen LogP contribution in [0.5, 0.6) is 0 Å². The van der Waals surface area contributed by atoms with Crippen LogP contribution in [0, 0.1) is 11.6 Å². The molecule has 3 N–H and O–H groups in total. The number of anilines is 2. The van der Waals surface area contributed by atoms with Crippen molar-refractivity contribution in [3.63, 3.8) is 0 Å². The Morgan fingerprint density at radius 1 is 1.17 bits per heavy atom. The molecule has 3 nitrogen and oxygen atoms in total. The molecular weight excluding hydrogens is 256 g/mol. The van der Waals surface area contributed by atoms with Crippen LogP contribution < -0.4 is 11.1 Å². The maximum absolute atomic E-state index is 13.5. The molecule has 1 aromatic heterocycles. The normalized spacial score (nSPS) is 10.1. The van der Waals surface area contributed by atoms with Crippen molar-refractivity contribution in [2.75, 3.05) is 5.32 Å². The maximum Gasteiger partial charge on any atom is 0.182 e. The second kappa shape index (κ2) is 5.05. The molecule has 0 saturated carbocycles.